The summed E-state index contributed by atoms with van der Waals surface area (Å²) in [5, 5.41) is 0.598. The van der Waals surface area contributed by atoms with Crippen LogP contribution in [0.4, 0.5) is 0 Å². The number of hydrogen-bond donors (Lipinski definition) is 1. The number of hydrazine groups is 1. The van der Waals surface area contributed by atoms with Gasteiger partial charge in [0.1, 0.15) is 0 Å². The molecule has 0 fully saturated rings. The minimum atomic E-state index is -0.260. The van der Waals surface area contributed by atoms with Gasteiger partial charge in [0, 0.05) is 22.4 Å². The van der Waals surface area contributed by atoms with Gasteiger partial charge in [-0.3, -0.25) is 10.2 Å². The van der Waals surface area contributed by atoms with Crippen molar-refractivity contribution in [2.24, 2.45) is 0 Å². The highest BCUT2D eigenvalue weighted by molar-refractivity contribution is 6.30. The molecule has 1 aromatic carbocycles. The number of benzene rings is 1. The summed E-state index contributed by atoms with van der Waals surface area (Å²) >= 11 is 11.9. The first-order valence-electron chi connectivity index (χ1n) is 5.95. The van der Waals surface area contributed by atoms with Crippen molar-refractivity contribution in [2.75, 3.05) is 0 Å². The predicted octanol–water partition coefficient (Wildman–Crippen LogP) is 4.02. The number of carbonyl (C=O) groups excluding carboxylic acids is 1. The molecule has 1 amide bonds. The Balaban J connectivity index is 2.73. The first-order valence-corrected chi connectivity index (χ1v) is 6.67. The van der Waals surface area contributed by atoms with Crippen LogP contribution in [-0.2, 0) is 0 Å². The lowest BCUT2D eigenvalue weighted by atomic mass is 9.97. The van der Waals surface area contributed by atoms with E-state index >= 15 is 0 Å². The van der Waals surface area contributed by atoms with Crippen LogP contribution in [-0.4, -0.2) is 16.0 Å². The van der Waals surface area contributed by atoms with Gasteiger partial charge in [-0.15, -0.1) is 4.53 Å². The molecule has 18 heavy (non-hydrogen) atoms. The number of nitrogens with one attached hydrogen (secondary N) is 1. The zero-order valence-electron chi connectivity index (χ0n) is 10.8. The zero-order chi connectivity index (χ0) is 13.8. The molecule has 3 nitrogen and oxygen atoms in total. The number of nitrogens with zero attached hydrogens (tertiary/aromatic N) is 1. The molecule has 0 aromatic heterocycles. The number of rotatable bonds is 5. The largest absolute Gasteiger partial charge is 0.270 e. The normalized spacial score (nSPS) is 11.7. The van der Waals surface area contributed by atoms with Gasteiger partial charge < -0.3 is 0 Å². The predicted molar refractivity (Wildman–Crippen MR) is 75.6 cm³/mol. The second-order valence-corrected chi connectivity index (χ2v) is 5.21. The summed E-state index contributed by atoms with van der Waals surface area (Å²) in [5.74, 6) is -0.241. The van der Waals surface area contributed by atoms with E-state index < -0.39 is 0 Å². The maximum atomic E-state index is 12.0. The van der Waals surface area contributed by atoms with Gasteiger partial charge in [0.2, 0.25) is 0 Å². The Labute approximate surface area is 118 Å². The van der Waals surface area contributed by atoms with Crippen LogP contribution in [0.5, 0.6) is 0 Å². The molecule has 1 rings (SSSR count). The summed E-state index contributed by atoms with van der Waals surface area (Å²) in [4.78, 5) is 12.0. The molecule has 0 bridgehead atoms. The van der Waals surface area contributed by atoms with Gasteiger partial charge in [0.05, 0.1) is 5.54 Å². The van der Waals surface area contributed by atoms with Crippen LogP contribution in [0.3, 0.4) is 0 Å². The molecule has 1 aromatic rings. The lowest BCUT2D eigenvalue weighted by Gasteiger charge is -2.34. The maximum absolute atomic E-state index is 12.0. The van der Waals surface area contributed by atoms with E-state index in [1.165, 1.54) is 4.53 Å². The van der Waals surface area contributed by atoms with Gasteiger partial charge >= 0.3 is 0 Å². The van der Waals surface area contributed by atoms with Gasteiger partial charge in [-0.2, -0.15) is 0 Å². The Hall–Kier alpha value is -0.770. The lowest BCUT2D eigenvalue weighted by Crippen LogP contribution is -2.49. The van der Waals surface area contributed by atoms with Crippen LogP contribution >= 0.6 is 23.4 Å². The summed E-state index contributed by atoms with van der Waals surface area (Å²) in [6, 6.07) is 6.68. The Morgan fingerprint density at radius 3 is 2.22 bits per heavy atom. The summed E-state index contributed by atoms with van der Waals surface area (Å²) < 4.78 is 1.37. The Morgan fingerprint density at radius 1 is 1.28 bits per heavy atom. The Bertz CT molecular complexity index is 402. The van der Waals surface area contributed by atoms with Gasteiger partial charge in [-0.25, -0.2) is 0 Å². The first-order chi connectivity index (χ1) is 8.42. The van der Waals surface area contributed by atoms with E-state index in [0.717, 1.165) is 12.8 Å². The monoisotopic (exact) mass is 288 g/mol. The Morgan fingerprint density at radius 2 is 1.78 bits per heavy atom. The van der Waals surface area contributed by atoms with E-state index in [1.807, 2.05) is 20.8 Å². The molecular formula is C13H18Cl2N2O. The summed E-state index contributed by atoms with van der Waals surface area (Å²) in [7, 11) is 0. The van der Waals surface area contributed by atoms with Crippen LogP contribution in [0.2, 0.25) is 5.02 Å². The number of hydrogen-bond acceptors (Lipinski definition) is 2. The molecule has 0 aliphatic carbocycles. The molecular weight excluding hydrogens is 271 g/mol. The van der Waals surface area contributed by atoms with Crippen molar-refractivity contribution in [3.05, 3.63) is 34.9 Å². The highest BCUT2D eigenvalue weighted by Crippen LogP contribution is 2.23. The second-order valence-electron chi connectivity index (χ2n) is 4.43. The van der Waals surface area contributed by atoms with Crippen molar-refractivity contribution >= 4 is 29.3 Å². The molecule has 0 unspecified atom stereocenters. The van der Waals surface area contributed by atoms with E-state index in [4.69, 9.17) is 23.4 Å². The molecule has 100 valence electrons. The summed E-state index contributed by atoms with van der Waals surface area (Å²) in [6.45, 7) is 6.07. The lowest BCUT2D eigenvalue weighted by molar-refractivity contribution is 0.0750. The third-order valence-corrected chi connectivity index (χ3v) is 4.05. The summed E-state index contributed by atoms with van der Waals surface area (Å²) in [5.41, 5.74) is 2.94. The molecule has 0 atom stereocenters. The molecule has 5 heteroatoms. The van der Waals surface area contributed by atoms with Gasteiger partial charge in [-0.1, -0.05) is 25.4 Å². The highest BCUT2D eigenvalue weighted by Gasteiger charge is 2.28. The van der Waals surface area contributed by atoms with Crippen LogP contribution in [0.1, 0.15) is 44.0 Å². The highest BCUT2D eigenvalue weighted by atomic mass is 35.5. The van der Waals surface area contributed by atoms with E-state index in [-0.39, 0.29) is 11.4 Å². The standard InChI is InChI=1S/C13H18Cl2N2O/c1-4-13(3,5-2)17(15)16-12(18)10-6-8-11(14)9-7-10/h6-9H,4-5H2,1-3H3,(H,16,18). The smallest absolute Gasteiger partial charge is 0.266 e. The van der Waals surface area contributed by atoms with Crippen molar-refractivity contribution in [2.45, 2.75) is 39.2 Å². The fourth-order valence-corrected chi connectivity index (χ4v) is 1.86. The Kier molecular flexibility index (Phi) is 5.45. The molecule has 0 aliphatic heterocycles. The van der Waals surface area contributed by atoms with E-state index in [9.17, 15) is 4.79 Å². The van der Waals surface area contributed by atoms with Gasteiger partial charge in [0.15, 0.2) is 0 Å². The van der Waals surface area contributed by atoms with Crippen LogP contribution in [0.25, 0.3) is 0 Å². The molecule has 0 heterocycles. The summed E-state index contributed by atoms with van der Waals surface area (Å²) in [6.07, 6.45) is 1.68. The molecule has 0 saturated heterocycles. The van der Waals surface area contributed by atoms with E-state index in [0.29, 0.717) is 10.6 Å². The average molecular weight is 289 g/mol. The second kappa shape index (κ2) is 6.41. The van der Waals surface area contributed by atoms with Crippen molar-refractivity contribution in [1.82, 2.24) is 9.95 Å². The number of halogens is 2. The maximum Gasteiger partial charge on any atom is 0.266 e. The quantitative estimate of drug-likeness (QED) is 0.656. The third-order valence-electron chi connectivity index (χ3n) is 3.30. The third kappa shape index (κ3) is 3.61. The minimum absolute atomic E-state index is 0.241. The van der Waals surface area contributed by atoms with E-state index in [1.54, 1.807) is 24.3 Å². The first kappa shape index (κ1) is 15.3. The molecule has 0 radical (unpaired) electrons. The molecule has 1 N–H and O–H groups in total. The van der Waals surface area contributed by atoms with Crippen molar-refractivity contribution in [3.8, 4) is 0 Å². The topological polar surface area (TPSA) is 32.3 Å². The molecule has 0 saturated carbocycles. The average Bonchev–Trinajstić information content (AvgIpc) is 2.38. The van der Waals surface area contributed by atoms with Crippen LogP contribution in [0, 0.1) is 0 Å². The van der Waals surface area contributed by atoms with Crippen LogP contribution < -0.4 is 5.43 Å². The SMILES string of the molecule is CCC(C)(CC)N(Cl)NC(=O)c1ccc(Cl)cc1. The van der Waals surface area contributed by atoms with Gasteiger partial charge in [0.25, 0.3) is 5.91 Å². The van der Waals surface area contributed by atoms with Crippen molar-refractivity contribution in [3.63, 3.8) is 0 Å². The number of amides is 1. The van der Waals surface area contributed by atoms with Gasteiger partial charge in [-0.05, 0) is 44.0 Å². The van der Waals surface area contributed by atoms with E-state index in [2.05, 4.69) is 5.43 Å². The van der Waals surface area contributed by atoms with Crippen molar-refractivity contribution in [1.29, 1.82) is 0 Å². The fourth-order valence-electron chi connectivity index (χ4n) is 1.42. The fraction of sp³-hybridized carbons (Fsp3) is 0.462. The zero-order valence-corrected chi connectivity index (χ0v) is 12.3. The molecule has 0 aliphatic rings. The van der Waals surface area contributed by atoms with Crippen molar-refractivity contribution < 1.29 is 4.79 Å². The number of carbonyl (C=O) groups is 1. The van der Waals surface area contributed by atoms with Crippen LogP contribution in [0.15, 0.2) is 24.3 Å². The molecule has 0 spiro atoms. The minimum Gasteiger partial charge on any atom is -0.270 e.